The Morgan fingerprint density at radius 3 is 2.55 bits per heavy atom. The first-order valence-electron chi connectivity index (χ1n) is 5.72. The summed E-state index contributed by atoms with van der Waals surface area (Å²) < 4.78 is 50.0. The van der Waals surface area contributed by atoms with E-state index in [2.05, 4.69) is 9.72 Å². The van der Waals surface area contributed by atoms with Crippen molar-refractivity contribution in [2.24, 2.45) is 0 Å². The van der Waals surface area contributed by atoms with Crippen molar-refractivity contribution in [3.63, 3.8) is 0 Å². The second-order valence-electron chi connectivity index (χ2n) is 3.78. The minimum atomic E-state index is -4.87. The minimum Gasteiger partial charge on any atom is -0.481 e. The van der Waals surface area contributed by atoms with Crippen LogP contribution in [0.1, 0.15) is 18.1 Å². The lowest BCUT2D eigenvalue weighted by molar-refractivity contribution is -0.276. The fraction of sp³-hybridized carbons (Fsp3) is 0.500. The van der Waals surface area contributed by atoms with Gasteiger partial charge in [-0.05, 0) is 19.4 Å². The zero-order chi connectivity index (χ0) is 15.3. The lowest BCUT2D eigenvalue weighted by Crippen LogP contribution is -2.19. The van der Waals surface area contributed by atoms with Gasteiger partial charge in [0.15, 0.2) is 0 Å². The summed E-state index contributed by atoms with van der Waals surface area (Å²) in [6, 6.07) is 1.04. The maximum Gasteiger partial charge on any atom is 0.574 e. The summed E-state index contributed by atoms with van der Waals surface area (Å²) in [6.07, 6.45) is -5.05. The van der Waals surface area contributed by atoms with Gasteiger partial charge in [0.2, 0.25) is 11.8 Å². The largest absolute Gasteiger partial charge is 0.574 e. The van der Waals surface area contributed by atoms with Gasteiger partial charge in [0.25, 0.3) is 0 Å². The van der Waals surface area contributed by atoms with Crippen LogP contribution in [0.25, 0.3) is 0 Å². The summed E-state index contributed by atoms with van der Waals surface area (Å²) in [5.74, 6) is -1.27. The number of hydrogen-bond acceptors (Lipinski definition) is 5. The van der Waals surface area contributed by atoms with E-state index in [1.165, 1.54) is 7.11 Å². The summed E-state index contributed by atoms with van der Waals surface area (Å²) in [6.45, 7) is 3.40. The second-order valence-corrected chi connectivity index (χ2v) is 3.78. The number of rotatable bonds is 5. The first-order chi connectivity index (χ1) is 9.26. The Bertz CT molecular complexity index is 488. The van der Waals surface area contributed by atoms with Crippen LogP contribution in [0.2, 0.25) is 0 Å². The number of aromatic nitrogens is 1. The lowest BCUT2D eigenvalue weighted by Gasteiger charge is -2.13. The average Bonchev–Trinajstić information content (AvgIpc) is 2.31. The number of hydrogen-bond donors (Lipinski definition) is 0. The van der Waals surface area contributed by atoms with Crippen molar-refractivity contribution < 1.29 is 32.2 Å². The van der Waals surface area contributed by atoms with Gasteiger partial charge in [0, 0.05) is 11.6 Å². The molecule has 1 aromatic rings. The van der Waals surface area contributed by atoms with Crippen molar-refractivity contribution in [1.29, 1.82) is 0 Å². The summed E-state index contributed by atoms with van der Waals surface area (Å²) >= 11 is 0. The first kappa shape index (κ1) is 16.1. The third-order valence-electron chi connectivity index (χ3n) is 2.37. The zero-order valence-electron chi connectivity index (χ0n) is 11.2. The van der Waals surface area contributed by atoms with Crippen LogP contribution in [0.3, 0.4) is 0 Å². The van der Waals surface area contributed by atoms with Crippen LogP contribution in [0, 0.1) is 6.92 Å². The Hall–Kier alpha value is -1.99. The van der Waals surface area contributed by atoms with Gasteiger partial charge in [0.1, 0.15) is 0 Å². The molecule has 0 aliphatic carbocycles. The van der Waals surface area contributed by atoms with Gasteiger partial charge in [-0.1, -0.05) is 0 Å². The van der Waals surface area contributed by atoms with E-state index in [9.17, 15) is 18.0 Å². The Kier molecular flexibility index (Phi) is 5.18. The molecule has 0 aromatic carbocycles. The van der Waals surface area contributed by atoms with Crippen molar-refractivity contribution in [3.8, 4) is 11.8 Å². The second kappa shape index (κ2) is 6.44. The summed E-state index contributed by atoms with van der Waals surface area (Å²) in [5.41, 5.74) is 0.754. The zero-order valence-corrected chi connectivity index (χ0v) is 11.2. The predicted octanol–water partition coefficient (Wildman–Crippen LogP) is 2.40. The predicted molar refractivity (Wildman–Crippen MR) is 62.5 cm³/mol. The molecule has 112 valence electrons. The van der Waals surface area contributed by atoms with E-state index in [0.29, 0.717) is 11.1 Å². The molecule has 0 radical (unpaired) electrons. The molecule has 0 fully saturated rings. The standard InChI is InChI=1S/C12H14F3NO4/c1-4-19-10(17)6-8-5-9(20-12(13,14)15)16-11(18-3)7(8)2/h5H,4,6H2,1-3H3. The van der Waals surface area contributed by atoms with E-state index < -0.39 is 18.2 Å². The molecule has 20 heavy (non-hydrogen) atoms. The van der Waals surface area contributed by atoms with Crippen LogP contribution >= 0.6 is 0 Å². The molecule has 5 nitrogen and oxygen atoms in total. The molecule has 1 aromatic heterocycles. The van der Waals surface area contributed by atoms with Crippen molar-refractivity contribution >= 4 is 5.97 Å². The van der Waals surface area contributed by atoms with Crippen LogP contribution in [0.4, 0.5) is 13.2 Å². The van der Waals surface area contributed by atoms with Crippen molar-refractivity contribution in [2.45, 2.75) is 26.6 Å². The number of nitrogens with zero attached hydrogens (tertiary/aromatic N) is 1. The highest BCUT2D eigenvalue weighted by molar-refractivity contribution is 5.73. The quantitative estimate of drug-likeness (QED) is 0.780. The van der Waals surface area contributed by atoms with E-state index in [0.717, 1.165) is 6.07 Å². The highest BCUT2D eigenvalue weighted by Gasteiger charge is 2.32. The highest BCUT2D eigenvalue weighted by atomic mass is 19.4. The number of carbonyl (C=O) groups is 1. The monoisotopic (exact) mass is 293 g/mol. The molecule has 0 spiro atoms. The van der Waals surface area contributed by atoms with Gasteiger partial charge >= 0.3 is 12.3 Å². The number of methoxy groups -OCH3 is 1. The van der Waals surface area contributed by atoms with Gasteiger partial charge in [-0.3, -0.25) is 4.79 Å². The van der Waals surface area contributed by atoms with Crippen LogP contribution in [-0.2, 0) is 16.0 Å². The third-order valence-corrected chi connectivity index (χ3v) is 2.37. The fourth-order valence-electron chi connectivity index (χ4n) is 1.53. The Balaban J connectivity index is 3.08. The molecule has 0 unspecified atom stereocenters. The number of alkyl halides is 3. The normalized spacial score (nSPS) is 11.1. The minimum absolute atomic E-state index is 0.0361. The maximum absolute atomic E-state index is 12.2. The van der Waals surface area contributed by atoms with Crippen molar-refractivity contribution in [1.82, 2.24) is 4.98 Å². The average molecular weight is 293 g/mol. The molecule has 0 amide bonds. The third kappa shape index (κ3) is 4.60. The molecule has 1 rings (SSSR count). The van der Waals surface area contributed by atoms with Crippen molar-refractivity contribution in [3.05, 3.63) is 17.2 Å². The SMILES string of the molecule is CCOC(=O)Cc1cc(OC(F)(F)F)nc(OC)c1C. The topological polar surface area (TPSA) is 57.7 Å². The number of halogens is 3. The van der Waals surface area contributed by atoms with Gasteiger partial charge in [-0.15, -0.1) is 13.2 Å². The molecule has 0 saturated carbocycles. The Labute approximate surface area is 113 Å². The van der Waals surface area contributed by atoms with E-state index in [-0.39, 0.29) is 18.9 Å². The molecular formula is C12H14F3NO4. The number of esters is 1. The number of ether oxygens (including phenoxy) is 3. The van der Waals surface area contributed by atoms with Gasteiger partial charge in [0.05, 0.1) is 20.1 Å². The van der Waals surface area contributed by atoms with E-state index >= 15 is 0 Å². The van der Waals surface area contributed by atoms with Gasteiger partial charge in [-0.25, -0.2) is 0 Å². The lowest BCUT2D eigenvalue weighted by atomic mass is 10.1. The summed E-state index contributed by atoms with van der Waals surface area (Å²) in [4.78, 5) is 15.0. The maximum atomic E-state index is 12.2. The number of pyridine rings is 1. The summed E-state index contributed by atoms with van der Waals surface area (Å²) in [5, 5.41) is 0. The molecule has 0 aliphatic heterocycles. The molecule has 0 bridgehead atoms. The first-order valence-corrected chi connectivity index (χ1v) is 5.72. The van der Waals surface area contributed by atoms with E-state index in [1.54, 1.807) is 13.8 Å². The van der Waals surface area contributed by atoms with Crippen LogP contribution in [0.5, 0.6) is 11.8 Å². The van der Waals surface area contributed by atoms with Gasteiger partial charge in [-0.2, -0.15) is 4.98 Å². The molecule has 0 atom stereocenters. The Morgan fingerprint density at radius 2 is 2.05 bits per heavy atom. The van der Waals surface area contributed by atoms with Crippen LogP contribution in [0.15, 0.2) is 6.07 Å². The summed E-state index contributed by atoms with van der Waals surface area (Å²) in [7, 11) is 1.26. The molecule has 0 N–H and O–H groups in total. The number of carbonyl (C=O) groups excluding carboxylic acids is 1. The molecule has 8 heteroatoms. The molecule has 0 aliphatic rings. The smallest absolute Gasteiger partial charge is 0.481 e. The van der Waals surface area contributed by atoms with E-state index in [4.69, 9.17) is 9.47 Å². The van der Waals surface area contributed by atoms with Gasteiger partial charge < -0.3 is 14.2 Å². The van der Waals surface area contributed by atoms with Crippen LogP contribution < -0.4 is 9.47 Å². The van der Waals surface area contributed by atoms with E-state index in [1.807, 2.05) is 0 Å². The fourth-order valence-corrected chi connectivity index (χ4v) is 1.53. The van der Waals surface area contributed by atoms with Crippen molar-refractivity contribution in [2.75, 3.05) is 13.7 Å². The highest BCUT2D eigenvalue weighted by Crippen LogP contribution is 2.28. The molecular weight excluding hydrogens is 279 g/mol. The molecule has 1 heterocycles. The molecule has 0 saturated heterocycles. The van der Waals surface area contributed by atoms with Crippen LogP contribution in [-0.4, -0.2) is 31.0 Å². The Morgan fingerprint density at radius 1 is 1.40 bits per heavy atom.